The summed E-state index contributed by atoms with van der Waals surface area (Å²) in [5, 5.41) is 10.9. The standard InChI is InChI=1S/C35H51F5O8S/c1-33-12-10-28-27-7-6-26(48-31(42)23-47-18-17-46-16-15-45-14-13-44-2)22-25(27)21-24(32(28)29(33)8-9-30(33)41)5-3-19-49(43)20-4-11-34(36,37)35(38,39)40/h6-7,22,24,28-30,32,41H,3-5,8-21,23H2,1-2H3/t24-,28-,29+,30+,32-,33+,49?/m1/s1. The van der Waals surface area contributed by atoms with E-state index in [4.69, 9.17) is 23.7 Å². The molecule has 14 heteroatoms. The maximum absolute atomic E-state index is 13.3. The van der Waals surface area contributed by atoms with Crippen molar-refractivity contribution in [3.8, 4) is 5.75 Å². The van der Waals surface area contributed by atoms with Crippen LogP contribution in [0.25, 0.3) is 0 Å². The summed E-state index contributed by atoms with van der Waals surface area (Å²) in [7, 11) is 0.0941. The second-order valence-electron chi connectivity index (χ2n) is 13.8. The Morgan fingerprint density at radius 3 is 2.33 bits per heavy atom. The number of halogens is 5. The number of methoxy groups -OCH3 is 1. The van der Waals surface area contributed by atoms with E-state index in [-0.39, 0.29) is 48.1 Å². The van der Waals surface area contributed by atoms with Crippen molar-refractivity contribution in [1.29, 1.82) is 0 Å². The van der Waals surface area contributed by atoms with Gasteiger partial charge in [0.05, 0.1) is 45.7 Å². The van der Waals surface area contributed by atoms with E-state index in [2.05, 4.69) is 6.92 Å². The molecule has 1 unspecified atom stereocenters. The summed E-state index contributed by atoms with van der Waals surface area (Å²) in [6.07, 6.45) is -2.35. The first-order chi connectivity index (χ1) is 23.3. The van der Waals surface area contributed by atoms with E-state index in [9.17, 15) is 36.1 Å². The first-order valence-corrected chi connectivity index (χ1v) is 18.8. The van der Waals surface area contributed by atoms with Gasteiger partial charge in [-0.3, -0.25) is 4.21 Å². The Balaban J connectivity index is 1.31. The average Bonchev–Trinajstić information content (AvgIpc) is 3.34. The Labute approximate surface area is 288 Å². The molecule has 1 aromatic carbocycles. The number of carbonyl (C=O) groups excluding carboxylic acids is 1. The van der Waals surface area contributed by atoms with Crippen LogP contribution in [0.5, 0.6) is 5.75 Å². The van der Waals surface area contributed by atoms with E-state index >= 15 is 0 Å². The molecule has 0 heterocycles. The third kappa shape index (κ3) is 10.7. The summed E-state index contributed by atoms with van der Waals surface area (Å²) in [5.41, 5.74) is 2.12. The third-order valence-corrected chi connectivity index (χ3v) is 12.2. The van der Waals surface area contributed by atoms with E-state index in [0.29, 0.717) is 69.9 Å². The van der Waals surface area contributed by atoms with Crippen molar-refractivity contribution in [3.05, 3.63) is 29.3 Å². The fourth-order valence-electron chi connectivity index (χ4n) is 8.19. The first-order valence-electron chi connectivity index (χ1n) is 17.3. The molecule has 49 heavy (non-hydrogen) atoms. The number of hydrogen-bond donors (Lipinski definition) is 1. The second-order valence-corrected chi connectivity index (χ2v) is 15.5. The van der Waals surface area contributed by atoms with Crippen LogP contribution in [0.2, 0.25) is 0 Å². The van der Waals surface area contributed by atoms with Gasteiger partial charge in [-0.05, 0) is 104 Å². The van der Waals surface area contributed by atoms with Gasteiger partial charge < -0.3 is 28.8 Å². The van der Waals surface area contributed by atoms with Gasteiger partial charge in [0.2, 0.25) is 0 Å². The SMILES string of the molecule is COCCOCCOCCOCC(=O)Oc1ccc2c(c1)C[C@@H](CCCS(=O)CCCC(F)(F)C(F)(F)F)[C@@H]1[C@@H]2CC[C@]2(C)[C@@H](O)CC[C@@H]12. The molecule has 7 atom stereocenters. The molecule has 0 radical (unpaired) electrons. The maximum Gasteiger partial charge on any atom is 0.453 e. The number of hydrogen-bond acceptors (Lipinski definition) is 8. The van der Waals surface area contributed by atoms with Crippen molar-refractivity contribution >= 4 is 16.8 Å². The van der Waals surface area contributed by atoms with Crippen molar-refractivity contribution in [2.45, 2.75) is 88.8 Å². The minimum Gasteiger partial charge on any atom is -0.425 e. The lowest BCUT2D eigenvalue weighted by Crippen LogP contribution is -2.47. The molecule has 0 aromatic heterocycles. The van der Waals surface area contributed by atoms with Crippen LogP contribution in [-0.4, -0.2) is 98.4 Å². The zero-order chi connectivity index (χ0) is 35.7. The molecule has 0 saturated heterocycles. The highest BCUT2D eigenvalue weighted by molar-refractivity contribution is 7.84. The molecule has 8 nitrogen and oxygen atoms in total. The van der Waals surface area contributed by atoms with Crippen LogP contribution in [-0.2, 0) is 41.0 Å². The maximum atomic E-state index is 13.3. The van der Waals surface area contributed by atoms with Crippen LogP contribution in [0.1, 0.15) is 75.3 Å². The Morgan fingerprint density at radius 2 is 1.63 bits per heavy atom. The lowest BCUT2D eigenvalue weighted by atomic mass is 9.52. The highest BCUT2D eigenvalue weighted by Crippen LogP contribution is 2.62. The fraction of sp³-hybridized carbons (Fsp3) is 0.800. The predicted octanol–water partition coefficient (Wildman–Crippen LogP) is 6.24. The normalized spacial score (nSPS) is 27.3. The van der Waals surface area contributed by atoms with Crippen molar-refractivity contribution in [1.82, 2.24) is 0 Å². The highest BCUT2D eigenvalue weighted by Gasteiger charge is 2.57. The first kappa shape index (κ1) is 40.1. The molecule has 0 amide bonds. The average molecular weight is 727 g/mol. The second kappa shape index (κ2) is 18.2. The van der Waals surface area contributed by atoms with Gasteiger partial charge in [0.25, 0.3) is 0 Å². The van der Waals surface area contributed by atoms with E-state index in [1.54, 1.807) is 7.11 Å². The molecule has 0 spiro atoms. The number of ether oxygens (including phenoxy) is 5. The van der Waals surface area contributed by atoms with Crippen molar-refractivity contribution in [2.24, 2.45) is 23.2 Å². The smallest absolute Gasteiger partial charge is 0.425 e. The van der Waals surface area contributed by atoms with Gasteiger partial charge in [0.15, 0.2) is 0 Å². The summed E-state index contributed by atoms with van der Waals surface area (Å²) in [6.45, 7) is 4.33. The van der Waals surface area contributed by atoms with E-state index in [1.165, 1.54) is 5.56 Å². The molecule has 0 bridgehead atoms. The number of aliphatic hydroxyl groups is 1. The lowest BCUT2D eigenvalue weighted by Gasteiger charge is -2.53. The summed E-state index contributed by atoms with van der Waals surface area (Å²) in [6, 6.07) is 5.75. The molecule has 280 valence electrons. The van der Waals surface area contributed by atoms with Gasteiger partial charge in [-0.15, -0.1) is 0 Å². The minimum atomic E-state index is -5.60. The van der Waals surface area contributed by atoms with Crippen LogP contribution >= 0.6 is 0 Å². The number of benzene rings is 1. The van der Waals surface area contributed by atoms with E-state index in [0.717, 1.165) is 31.2 Å². The van der Waals surface area contributed by atoms with Gasteiger partial charge in [0, 0.05) is 35.8 Å². The van der Waals surface area contributed by atoms with Gasteiger partial charge in [-0.2, -0.15) is 22.0 Å². The molecule has 3 aliphatic rings. The van der Waals surface area contributed by atoms with E-state index in [1.807, 2.05) is 18.2 Å². The molecular formula is C35H51F5O8S. The third-order valence-electron chi connectivity index (χ3n) is 10.7. The van der Waals surface area contributed by atoms with Gasteiger partial charge >= 0.3 is 18.1 Å². The largest absolute Gasteiger partial charge is 0.453 e. The molecule has 0 aliphatic heterocycles. The Bertz CT molecular complexity index is 1230. The summed E-state index contributed by atoms with van der Waals surface area (Å²) in [5.74, 6) is -3.80. The Kier molecular flexibility index (Phi) is 14.9. The molecule has 3 aliphatic carbocycles. The number of alkyl halides is 5. The van der Waals surface area contributed by atoms with Crippen LogP contribution in [0, 0.1) is 23.2 Å². The number of carbonyl (C=O) groups is 1. The number of fused-ring (bicyclic) bond motifs is 5. The quantitative estimate of drug-likeness (QED) is 0.0731. The fourth-order valence-corrected chi connectivity index (χ4v) is 9.35. The molecule has 2 fully saturated rings. The Morgan fingerprint density at radius 1 is 0.959 bits per heavy atom. The van der Waals surface area contributed by atoms with Crippen LogP contribution in [0.3, 0.4) is 0 Å². The number of esters is 1. The molecule has 2 saturated carbocycles. The number of aliphatic hydroxyl groups excluding tert-OH is 1. The molecule has 1 N–H and O–H groups in total. The Hall–Kier alpha value is -1.71. The van der Waals surface area contributed by atoms with Crippen LogP contribution in [0.15, 0.2) is 18.2 Å². The summed E-state index contributed by atoms with van der Waals surface area (Å²) in [4.78, 5) is 12.5. The summed E-state index contributed by atoms with van der Waals surface area (Å²) < 4.78 is 103. The topological polar surface area (TPSA) is 101 Å². The minimum absolute atomic E-state index is 0.179. The zero-order valence-electron chi connectivity index (χ0n) is 28.4. The van der Waals surface area contributed by atoms with Gasteiger partial charge in [-0.25, -0.2) is 4.79 Å². The lowest BCUT2D eigenvalue weighted by molar-refractivity contribution is -0.284. The number of rotatable bonds is 20. The molecule has 1 aromatic rings. The van der Waals surface area contributed by atoms with Crippen LogP contribution in [0.4, 0.5) is 22.0 Å². The summed E-state index contributed by atoms with van der Waals surface area (Å²) >= 11 is 0. The van der Waals surface area contributed by atoms with Crippen LogP contribution < -0.4 is 4.74 Å². The molecular weight excluding hydrogens is 675 g/mol. The zero-order valence-corrected chi connectivity index (χ0v) is 29.3. The highest BCUT2D eigenvalue weighted by atomic mass is 32.2. The van der Waals surface area contributed by atoms with Crippen molar-refractivity contribution in [3.63, 3.8) is 0 Å². The predicted molar refractivity (Wildman–Crippen MR) is 173 cm³/mol. The van der Waals surface area contributed by atoms with Gasteiger partial charge in [-0.1, -0.05) is 13.0 Å². The van der Waals surface area contributed by atoms with E-state index < -0.39 is 41.7 Å². The molecule has 4 rings (SSSR count). The van der Waals surface area contributed by atoms with Crippen molar-refractivity contribution in [2.75, 3.05) is 64.9 Å². The van der Waals surface area contributed by atoms with Crippen molar-refractivity contribution < 1.29 is 59.7 Å². The monoisotopic (exact) mass is 726 g/mol. The van der Waals surface area contributed by atoms with Gasteiger partial charge in [0.1, 0.15) is 12.4 Å².